The number of ether oxygens (including phenoxy) is 4. The topological polar surface area (TPSA) is 112 Å². The van der Waals surface area contributed by atoms with Crippen LogP contribution in [0.5, 0.6) is 17.2 Å². The van der Waals surface area contributed by atoms with Crippen LogP contribution < -0.4 is 29.1 Å². The fourth-order valence-electron chi connectivity index (χ4n) is 4.40. The van der Waals surface area contributed by atoms with E-state index in [0.717, 1.165) is 0 Å². The SMILES string of the molecule is CCOC(=O)C1=C(C)N=c2s/c(=C\c3cc(Br)cc(OC)c3OCC#N)c(=O)n2[C@@H]1c1ccccc1OC(C)C. The molecular formula is C29H28BrN3O6S. The maximum absolute atomic E-state index is 14.1. The van der Waals surface area contributed by atoms with E-state index in [4.69, 9.17) is 24.2 Å². The van der Waals surface area contributed by atoms with Gasteiger partial charge in [0.25, 0.3) is 5.56 Å². The summed E-state index contributed by atoms with van der Waals surface area (Å²) in [4.78, 5) is 32.4. The highest BCUT2D eigenvalue weighted by Gasteiger charge is 2.35. The molecule has 0 amide bonds. The summed E-state index contributed by atoms with van der Waals surface area (Å²) in [7, 11) is 1.50. The molecule has 0 N–H and O–H groups in total. The zero-order valence-electron chi connectivity index (χ0n) is 22.7. The number of benzene rings is 2. The van der Waals surface area contributed by atoms with Crippen molar-refractivity contribution in [1.29, 1.82) is 5.26 Å². The molecule has 1 atom stereocenters. The van der Waals surface area contributed by atoms with Crippen LogP contribution in [0.3, 0.4) is 0 Å². The van der Waals surface area contributed by atoms with Crippen molar-refractivity contribution in [1.82, 2.24) is 4.57 Å². The van der Waals surface area contributed by atoms with Gasteiger partial charge in [-0.3, -0.25) is 9.36 Å². The lowest BCUT2D eigenvalue weighted by molar-refractivity contribution is -0.139. The molecule has 0 aliphatic carbocycles. The van der Waals surface area contributed by atoms with E-state index in [1.165, 1.54) is 23.0 Å². The first-order valence-electron chi connectivity index (χ1n) is 12.5. The van der Waals surface area contributed by atoms with Gasteiger partial charge in [0.2, 0.25) is 0 Å². The number of hydrogen-bond donors (Lipinski definition) is 0. The van der Waals surface area contributed by atoms with Crippen molar-refractivity contribution in [3.05, 3.63) is 83.0 Å². The Bertz CT molecular complexity index is 1700. The third-order valence-corrected chi connectivity index (χ3v) is 7.37. The summed E-state index contributed by atoms with van der Waals surface area (Å²) >= 11 is 4.65. The van der Waals surface area contributed by atoms with Crippen LogP contribution in [-0.4, -0.2) is 37.0 Å². The Morgan fingerprint density at radius 2 is 2.02 bits per heavy atom. The van der Waals surface area contributed by atoms with Gasteiger partial charge in [-0.15, -0.1) is 0 Å². The molecule has 2 heterocycles. The Hall–Kier alpha value is -3.88. The minimum atomic E-state index is -0.821. The molecule has 0 saturated heterocycles. The van der Waals surface area contributed by atoms with E-state index in [1.807, 2.05) is 44.2 Å². The molecule has 0 fully saturated rings. The highest BCUT2D eigenvalue weighted by Crippen LogP contribution is 2.37. The van der Waals surface area contributed by atoms with Gasteiger partial charge in [0.05, 0.1) is 35.6 Å². The molecule has 0 bridgehead atoms. The largest absolute Gasteiger partial charge is 0.493 e. The fourth-order valence-corrected chi connectivity index (χ4v) is 5.89. The smallest absolute Gasteiger partial charge is 0.338 e. The first-order valence-corrected chi connectivity index (χ1v) is 14.1. The predicted molar refractivity (Wildman–Crippen MR) is 154 cm³/mol. The maximum Gasteiger partial charge on any atom is 0.338 e. The molecule has 40 heavy (non-hydrogen) atoms. The number of methoxy groups -OCH3 is 1. The van der Waals surface area contributed by atoms with Crippen LogP contribution in [0.2, 0.25) is 0 Å². The lowest BCUT2D eigenvalue weighted by atomic mass is 9.95. The van der Waals surface area contributed by atoms with E-state index < -0.39 is 12.0 Å². The minimum Gasteiger partial charge on any atom is -0.493 e. The number of halogens is 1. The predicted octanol–water partition coefficient (Wildman–Crippen LogP) is 4.26. The summed E-state index contributed by atoms with van der Waals surface area (Å²) < 4.78 is 25.2. The lowest BCUT2D eigenvalue weighted by Gasteiger charge is -2.26. The lowest BCUT2D eigenvalue weighted by Crippen LogP contribution is -2.40. The van der Waals surface area contributed by atoms with Crippen molar-refractivity contribution in [2.24, 2.45) is 4.99 Å². The molecule has 0 spiro atoms. The van der Waals surface area contributed by atoms with Gasteiger partial charge in [0.1, 0.15) is 17.9 Å². The van der Waals surface area contributed by atoms with E-state index in [1.54, 1.807) is 32.1 Å². The highest BCUT2D eigenvalue weighted by atomic mass is 79.9. The number of aromatic nitrogens is 1. The maximum atomic E-state index is 14.1. The van der Waals surface area contributed by atoms with Gasteiger partial charge >= 0.3 is 5.97 Å². The molecular weight excluding hydrogens is 598 g/mol. The van der Waals surface area contributed by atoms with Crippen LogP contribution in [0.25, 0.3) is 6.08 Å². The molecule has 11 heteroatoms. The van der Waals surface area contributed by atoms with Crippen molar-refractivity contribution in [3.8, 4) is 23.3 Å². The number of carbonyl (C=O) groups is 1. The number of rotatable bonds is 9. The summed E-state index contributed by atoms with van der Waals surface area (Å²) in [5.41, 5.74) is 1.55. The van der Waals surface area contributed by atoms with Gasteiger partial charge in [-0.1, -0.05) is 45.5 Å². The molecule has 4 rings (SSSR count). The number of esters is 1. The van der Waals surface area contributed by atoms with E-state index in [-0.39, 0.29) is 30.5 Å². The third-order valence-electron chi connectivity index (χ3n) is 5.93. The van der Waals surface area contributed by atoms with E-state index in [9.17, 15) is 9.59 Å². The monoisotopic (exact) mass is 625 g/mol. The van der Waals surface area contributed by atoms with Crippen molar-refractivity contribution in [3.63, 3.8) is 0 Å². The summed E-state index contributed by atoms with van der Waals surface area (Å²) in [6.45, 7) is 7.25. The first-order chi connectivity index (χ1) is 19.2. The molecule has 0 saturated carbocycles. The van der Waals surface area contributed by atoms with Crippen molar-refractivity contribution < 1.29 is 23.7 Å². The Labute approximate surface area is 243 Å². The van der Waals surface area contributed by atoms with Gasteiger partial charge in [-0.05, 0) is 52.0 Å². The molecule has 3 aromatic rings. The van der Waals surface area contributed by atoms with Gasteiger partial charge in [0.15, 0.2) is 22.9 Å². The van der Waals surface area contributed by atoms with Gasteiger partial charge in [-0.2, -0.15) is 5.26 Å². The van der Waals surface area contributed by atoms with Crippen LogP contribution in [-0.2, 0) is 9.53 Å². The average Bonchev–Trinajstić information content (AvgIpc) is 3.21. The highest BCUT2D eigenvalue weighted by molar-refractivity contribution is 9.10. The summed E-state index contributed by atoms with van der Waals surface area (Å²) in [6.07, 6.45) is 1.53. The Kier molecular flexibility index (Phi) is 9.12. The second kappa shape index (κ2) is 12.5. The van der Waals surface area contributed by atoms with Gasteiger partial charge in [0, 0.05) is 15.6 Å². The Morgan fingerprint density at radius 1 is 1.27 bits per heavy atom. The fraction of sp³-hybridized carbons (Fsp3) is 0.310. The van der Waals surface area contributed by atoms with Crippen molar-refractivity contribution in [2.75, 3.05) is 20.3 Å². The first kappa shape index (κ1) is 29.1. The average molecular weight is 627 g/mol. The van der Waals surface area contributed by atoms with Crippen LogP contribution in [0.15, 0.2) is 61.9 Å². The molecule has 0 unspecified atom stereocenters. The zero-order chi connectivity index (χ0) is 29.0. The minimum absolute atomic E-state index is 0.133. The number of thiazole rings is 1. The second-order valence-corrected chi connectivity index (χ2v) is 10.9. The number of hydrogen-bond acceptors (Lipinski definition) is 9. The number of allylic oxidation sites excluding steroid dienone is 1. The Balaban J connectivity index is 2.00. The molecule has 1 aromatic heterocycles. The van der Waals surface area contributed by atoms with Crippen LogP contribution in [0, 0.1) is 11.3 Å². The number of fused-ring (bicyclic) bond motifs is 1. The number of nitriles is 1. The standard InChI is InChI=1S/C29H28BrN3O6S/c1-6-37-28(35)24-17(4)32-29-33(25(24)20-9-7-8-10-21(20)39-16(2)3)27(34)23(40-29)14-18-13-19(30)15-22(36-5)26(18)38-12-11-31/h7-10,13-16,25H,6,12H2,1-5H3/b23-14-/t25-/m1/s1. The van der Waals surface area contributed by atoms with Crippen LogP contribution in [0.4, 0.5) is 0 Å². The second-order valence-electron chi connectivity index (χ2n) is 8.98. The molecule has 1 aliphatic heterocycles. The number of para-hydroxylation sites is 1. The van der Waals surface area contributed by atoms with Gasteiger partial charge < -0.3 is 18.9 Å². The molecule has 208 valence electrons. The normalized spacial score (nSPS) is 14.8. The van der Waals surface area contributed by atoms with Gasteiger partial charge in [-0.25, -0.2) is 9.79 Å². The third kappa shape index (κ3) is 5.83. The molecule has 1 aliphatic rings. The summed E-state index contributed by atoms with van der Waals surface area (Å²) in [5, 5.41) is 9.08. The quantitative estimate of drug-likeness (QED) is 0.327. The Morgan fingerprint density at radius 3 is 2.70 bits per heavy atom. The van der Waals surface area contributed by atoms with E-state index in [2.05, 4.69) is 20.9 Å². The molecule has 0 radical (unpaired) electrons. The van der Waals surface area contributed by atoms with Crippen molar-refractivity contribution in [2.45, 2.75) is 39.8 Å². The van der Waals surface area contributed by atoms with Crippen LogP contribution in [0.1, 0.15) is 44.9 Å². The van der Waals surface area contributed by atoms with Crippen LogP contribution >= 0.6 is 27.3 Å². The zero-order valence-corrected chi connectivity index (χ0v) is 25.1. The number of nitrogens with zero attached hydrogens (tertiary/aromatic N) is 3. The molecule has 9 nitrogen and oxygen atoms in total. The van der Waals surface area contributed by atoms with E-state index >= 15 is 0 Å². The number of carbonyl (C=O) groups excluding carboxylic acids is 1. The van der Waals surface area contributed by atoms with E-state index in [0.29, 0.717) is 47.9 Å². The molecule has 2 aromatic carbocycles. The summed E-state index contributed by atoms with van der Waals surface area (Å²) in [5.74, 6) is 0.735. The van der Waals surface area contributed by atoms with Crippen molar-refractivity contribution >= 4 is 39.3 Å². The summed E-state index contributed by atoms with van der Waals surface area (Å²) in [6, 6.07) is 12.0.